The number of benzene rings is 2. The summed E-state index contributed by atoms with van der Waals surface area (Å²) in [6, 6.07) is 15.0. The number of carbonyl (C=O) groups excluding carboxylic acids is 1. The minimum atomic E-state index is -0.0233. The molecule has 3 rings (SSSR count). The molecular weight excluding hydrogens is 320 g/mol. The minimum absolute atomic E-state index is 0.0233. The van der Waals surface area contributed by atoms with Gasteiger partial charge in [-0.25, -0.2) is 0 Å². The van der Waals surface area contributed by atoms with Crippen molar-refractivity contribution in [2.24, 2.45) is 0 Å². The van der Waals surface area contributed by atoms with Crippen LogP contribution in [0, 0.1) is 0 Å². The molecule has 1 aliphatic rings. The largest absolute Gasteiger partial charge is 0.494 e. The van der Waals surface area contributed by atoms with Crippen LogP contribution in [0.1, 0.15) is 22.8 Å². The number of ether oxygens (including phenoxy) is 2. The van der Waals surface area contributed by atoms with Gasteiger partial charge in [0.2, 0.25) is 0 Å². The van der Waals surface area contributed by atoms with Crippen molar-refractivity contribution in [2.45, 2.75) is 13.0 Å². The average Bonchev–Trinajstić information content (AvgIpc) is 2.58. The van der Waals surface area contributed by atoms with Gasteiger partial charge in [-0.2, -0.15) is 11.8 Å². The Bertz CT molecular complexity index is 701. The molecule has 0 atom stereocenters. The number of hydrogen-bond donors (Lipinski definition) is 0. The number of allylic oxidation sites excluding steroid dienone is 1. The summed E-state index contributed by atoms with van der Waals surface area (Å²) in [6.45, 7) is 2.55. The van der Waals surface area contributed by atoms with Gasteiger partial charge in [-0.3, -0.25) is 4.79 Å². The maximum Gasteiger partial charge on any atom is 0.185 e. The Morgan fingerprint density at radius 3 is 2.33 bits per heavy atom. The van der Waals surface area contributed by atoms with Gasteiger partial charge in [0.05, 0.1) is 6.61 Å². The predicted octanol–water partition coefficient (Wildman–Crippen LogP) is 4.48. The molecule has 1 heterocycles. The quantitative estimate of drug-likeness (QED) is 0.550. The summed E-state index contributed by atoms with van der Waals surface area (Å²) in [7, 11) is 0. The van der Waals surface area contributed by atoms with Crippen LogP contribution in [0.15, 0.2) is 54.6 Å². The number of thioether (sulfide) groups is 1. The van der Waals surface area contributed by atoms with Crippen molar-refractivity contribution in [1.82, 2.24) is 0 Å². The topological polar surface area (TPSA) is 35.5 Å². The second-order valence-corrected chi connectivity index (χ2v) is 6.58. The SMILES string of the molecule is CCOc1ccc(C(=O)/C=C/c2ccc(OC3CSC3)cc2)cc1. The zero-order valence-electron chi connectivity index (χ0n) is 13.6. The standard InChI is InChI=1S/C20H20O3S/c1-2-22-17-10-6-16(7-11-17)20(21)12-5-15-3-8-18(9-4-15)23-19-13-24-14-19/h3-12,19H,2,13-14H2,1H3/b12-5+. The van der Waals surface area contributed by atoms with Gasteiger partial charge in [0.25, 0.3) is 0 Å². The highest BCUT2D eigenvalue weighted by atomic mass is 32.2. The Kier molecular flexibility index (Phi) is 5.59. The molecule has 24 heavy (non-hydrogen) atoms. The molecule has 1 aliphatic heterocycles. The summed E-state index contributed by atoms with van der Waals surface area (Å²) in [5.74, 6) is 3.77. The first-order valence-corrected chi connectivity index (χ1v) is 9.20. The van der Waals surface area contributed by atoms with E-state index in [1.165, 1.54) is 0 Å². The number of rotatable bonds is 7. The van der Waals surface area contributed by atoms with E-state index in [2.05, 4.69) is 0 Å². The predicted molar refractivity (Wildman–Crippen MR) is 99.2 cm³/mol. The van der Waals surface area contributed by atoms with E-state index in [4.69, 9.17) is 9.47 Å². The molecule has 2 aromatic rings. The van der Waals surface area contributed by atoms with Crippen molar-refractivity contribution >= 4 is 23.6 Å². The third-order valence-electron chi connectivity index (χ3n) is 3.67. The molecule has 0 amide bonds. The molecule has 1 saturated heterocycles. The third-order valence-corrected chi connectivity index (χ3v) is 4.88. The zero-order valence-corrected chi connectivity index (χ0v) is 14.4. The van der Waals surface area contributed by atoms with Gasteiger partial charge in [0.15, 0.2) is 5.78 Å². The summed E-state index contributed by atoms with van der Waals surface area (Å²) in [6.07, 6.45) is 3.76. The molecular formula is C20H20O3S. The first kappa shape index (κ1) is 16.7. The van der Waals surface area contributed by atoms with E-state index < -0.39 is 0 Å². The first-order valence-electron chi connectivity index (χ1n) is 8.04. The van der Waals surface area contributed by atoms with Crippen LogP contribution in [0.25, 0.3) is 6.08 Å². The number of hydrogen-bond acceptors (Lipinski definition) is 4. The monoisotopic (exact) mass is 340 g/mol. The van der Waals surface area contributed by atoms with E-state index in [-0.39, 0.29) is 5.78 Å². The molecule has 0 aromatic heterocycles. The molecule has 0 saturated carbocycles. The highest BCUT2D eigenvalue weighted by molar-refractivity contribution is 8.00. The van der Waals surface area contributed by atoms with Crippen LogP contribution in [0.5, 0.6) is 11.5 Å². The summed E-state index contributed by atoms with van der Waals surface area (Å²) >= 11 is 1.90. The molecule has 0 unspecified atom stereocenters. The fourth-order valence-corrected chi connectivity index (χ4v) is 2.85. The van der Waals surface area contributed by atoms with Gasteiger partial charge < -0.3 is 9.47 Å². The average molecular weight is 340 g/mol. The van der Waals surface area contributed by atoms with Gasteiger partial charge in [-0.15, -0.1) is 0 Å². The van der Waals surface area contributed by atoms with Crippen molar-refractivity contribution in [2.75, 3.05) is 18.1 Å². The van der Waals surface area contributed by atoms with E-state index in [1.54, 1.807) is 18.2 Å². The van der Waals surface area contributed by atoms with Crippen LogP contribution in [0.4, 0.5) is 0 Å². The van der Waals surface area contributed by atoms with E-state index in [0.717, 1.165) is 28.6 Å². The van der Waals surface area contributed by atoms with Crippen LogP contribution < -0.4 is 9.47 Å². The van der Waals surface area contributed by atoms with Gasteiger partial charge >= 0.3 is 0 Å². The van der Waals surface area contributed by atoms with E-state index in [0.29, 0.717) is 18.3 Å². The van der Waals surface area contributed by atoms with E-state index >= 15 is 0 Å². The summed E-state index contributed by atoms with van der Waals surface area (Å²) in [5, 5.41) is 0. The minimum Gasteiger partial charge on any atom is -0.494 e. The molecule has 0 bridgehead atoms. The highest BCUT2D eigenvalue weighted by Gasteiger charge is 2.19. The molecule has 3 nitrogen and oxygen atoms in total. The van der Waals surface area contributed by atoms with Crippen molar-refractivity contribution in [3.63, 3.8) is 0 Å². The smallest absolute Gasteiger partial charge is 0.185 e. The normalized spacial score (nSPS) is 14.4. The fraction of sp³-hybridized carbons (Fsp3) is 0.250. The van der Waals surface area contributed by atoms with Crippen LogP contribution in [-0.4, -0.2) is 30.0 Å². The van der Waals surface area contributed by atoms with Crippen LogP contribution in [0.2, 0.25) is 0 Å². The molecule has 2 aromatic carbocycles. The van der Waals surface area contributed by atoms with E-state index in [1.807, 2.05) is 61.2 Å². The second kappa shape index (κ2) is 8.06. The molecule has 0 spiro atoms. The number of ketones is 1. The van der Waals surface area contributed by atoms with Gasteiger partial charge in [0.1, 0.15) is 17.6 Å². The maximum atomic E-state index is 12.2. The molecule has 0 N–H and O–H groups in total. The Morgan fingerprint density at radius 2 is 1.75 bits per heavy atom. The molecule has 0 aliphatic carbocycles. The maximum absolute atomic E-state index is 12.2. The number of carbonyl (C=O) groups is 1. The van der Waals surface area contributed by atoms with Crippen LogP contribution >= 0.6 is 11.8 Å². The zero-order chi connectivity index (χ0) is 16.8. The highest BCUT2D eigenvalue weighted by Crippen LogP contribution is 2.24. The summed E-state index contributed by atoms with van der Waals surface area (Å²) in [5.41, 5.74) is 1.63. The van der Waals surface area contributed by atoms with Crippen LogP contribution in [-0.2, 0) is 0 Å². The fourth-order valence-electron chi connectivity index (χ4n) is 2.28. The third kappa shape index (κ3) is 4.42. The van der Waals surface area contributed by atoms with Gasteiger partial charge in [-0.05, 0) is 55.0 Å². The molecule has 0 radical (unpaired) electrons. The Balaban J connectivity index is 1.58. The lowest BCUT2D eigenvalue weighted by Gasteiger charge is -2.25. The van der Waals surface area contributed by atoms with Crippen molar-refractivity contribution < 1.29 is 14.3 Å². The van der Waals surface area contributed by atoms with Crippen LogP contribution in [0.3, 0.4) is 0 Å². The van der Waals surface area contributed by atoms with E-state index in [9.17, 15) is 4.79 Å². The Labute approximate surface area is 146 Å². The molecule has 1 fully saturated rings. The van der Waals surface area contributed by atoms with Gasteiger partial charge in [0, 0.05) is 17.1 Å². The first-order chi connectivity index (χ1) is 11.7. The summed E-state index contributed by atoms with van der Waals surface area (Å²) in [4.78, 5) is 12.2. The lowest BCUT2D eigenvalue weighted by molar-refractivity contribution is 0.104. The van der Waals surface area contributed by atoms with Crippen molar-refractivity contribution in [3.05, 3.63) is 65.7 Å². The second-order valence-electron chi connectivity index (χ2n) is 5.50. The van der Waals surface area contributed by atoms with Gasteiger partial charge in [-0.1, -0.05) is 18.2 Å². The lowest BCUT2D eigenvalue weighted by atomic mass is 10.1. The van der Waals surface area contributed by atoms with Crippen molar-refractivity contribution in [3.8, 4) is 11.5 Å². The van der Waals surface area contributed by atoms with Crippen molar-refractivity contribution in [1.29, 1.82) is 0 Å². The Morgan fingerprint density at radius 1 is 1.08 bits per heavy atom. The summed E-state index contributed by atoms with van der Waals surface area (Å²) < 4.78 is 11.2. The molecule has 124 valence electrons. The molecule has 4 heteroatoms. The Hall–Kier alpha value is -2.20. The lowest BCUT2D eigenvalue weighted by Crippen LogP contribution is -2.30.